The van der Waals surface area contributed by atoms with Crippen molar-refractivity contribution in [3.8, 4) is 0 Å². The van der Waals surface area contributed by atoms with Gasteiger partial charge in [0.25, 0.3) is 5.91 Å². The summed E-state index contributed by atoms with van der Waals surface area (Å²) in [5, 5.41) is 0.512. The Morgan fingerprint density at radius 2 is 1.93 bits per heavy atom. The third-order valence-electron chi connectivity index (χ3n) is 5.73. The van der Waals surface area contributed by atoms with E-state index in [1.165, 1.54) is 0 Å². The molecule has 5 rings (SSSR count). The number of hydrogen-bond acceptors (Lipinski definition) is 4. The summed E-state index contributed by atoms with van der Waals surface area (Å²) in [6.07, 6.45) is 1.89. The quantitative estimate of drug-likeness (QED) is 0.581. The molecule has 1 saturated heterocycles. The Bertz CT molecular complexity index is 1160. The number of benzene rings is 2. The van der Waals surface area contributed by atoms with Crippen LogP contribution >= 0.6 is 15.9 Å². The molecular formula is C23H20BrNO4. The van der Waals surface area contributed by atoms with Crippen molar-refractivity contribution in [3.63, 3.8) is 0 Å². The highest BCUT2D eigenvalue weighted by molar-refractivity contribution is 9.10. The van der Waals surface area contributed by atoms with Gasteiger partial charge in [-0.25, -0.2) is 0 Å². The van der Waals surface area contributed by atoms with Crippen LogP contribution in [0.25, 0.3) is 11.0 Å². The second-order valence-corrected chi connectivity index (χ2v) is 8.64. The normalized spacial score (nSPS) is 21.2. The zero-order chi connectivity index (χ0) is 20.1. The first-order chi connectivity index (χ1) is 14.0. The number of ether oxygens (including phenoxy) is 1. The Balaban J connectivity index is 1.71. The largest absolute Gasteiger partial charge is 0.450 e. The van der Waals surface area contributed by atoms with Crippen LogP contribution in [0.2, 0.25) is 0 Å². The Kier molecular flexibility index (Phi) is 4.56. The van der Waals surface area contributed by atoms with Gasteiger partial charge in [0, 0.05) is 17.6 Å². The number of nitrogens with zero attached hydrogens (tertiary/aromatic N) is 1. The molecule has 0 spiro atoms. The lowest BCUT2D eigenvalue weighted by atomic mass is 9.98. The molecule has 3 heterocycles. The lowest BCUT2D eigenvalue weighted by Gasteiger charge is -2.27. The van der Waals surface area contributed by atoms with Crippen LogP contribution in [0.3, 0.4) is 0 Å². The molecule has 0 unspecified atom stereocenters. The first-order valence-corrected chi connectivity index (χ1v) is 10.6. The molecule has 0 bridgehead atoms. The molecule has 148 valence electrons. The van der Waals surface area contributed by atoms with Gasteiger partial charge in [0.15, 0.2) is 5.43 Å². The van der Waals surface area contributed by atoms with Crippen LogP contribution in [0.4, 0.5) is 0 Å². The molecule has 2 aliphatic heterocycles. The summed E-state index contributed by atoms with van der Waals surface area (Å²) >= 11 is 3.46. The van der Waals surface area contributed by atoms with Crippen LogP contribution in [0, 0.1) is 6.92 Å². The summed E-state index contributed by atoms with van der Waals surface area (Å²) in [6.45, 7) is 3.09. The SMILES string of the molecule is Cc1ccc2oc3c(c(=O)c2c1)[C@@H](c1ccc(Br)cc1)N(C[C@@H]1CCCO1)C3=O. The molecular weight excluding hydrogens is 434 g/mol. The first-order valence-electron chi connectivity index (χ1n) is 9.78. The van der Waals surface area contributed by atoms with Gasteiger partial charge in [-0.3, -0.25) is 9.59 Å². The predicted molar refractivity (Wildman–Crippen MR) is 113 cm³/mol. The number of carbonyl (C=O) groups is 1. The van der Waals surface area contributed by atoms with Crippen LogP contribution in [0.15, 0.2) is 56.1 Å². The minimum Gasteiger partial charge on any atom is -0.450 e. The van der Waals surface area contributed by atoms with Crippen LogP contribution in [0.1, 0.15) is 46.1 Å². The Labute approximate surface area is 176 Å². The highest BCUT2D eigenvalue weighted by atomic mass is 79.9. The van der Waals surface area contributed by atoms with E-state index in [0.29, 0.717) is 29.7 Å². The average molecular weight is 454 g/mol. The summed E-state index contributed by atoms with van der Waals surface area (Å²) in [7, 11) is 0. The molecule has 3 aromatic rings. The Morgan fingerprint density at radius 1 is 1.14 bits per heavy atom. The topological polar surface area (TPSA) is 59.8 Å². The van der Waals surface area contributed by atoms with Gasteiger partial charge in [-0.05, 0) is 49.6 Å². The van der Waals surface area contributed by atoms with E-state index in [1.807, 2.05) is 43.3 Å². The van der Waals surface area contributed by atoms with Gasteiger partial charge < -0.3 is 14.1 Å². The van der Waals surface area contributed by atoms with Crippen molar-refractivity contribution in [1.82, 2.24) is 4.90 Å². The maximum atomic E-state index is 13.5. The van der Waals surface area contributed by atoms with Crippen LogP contribution < -0.4 is 5.43 Å². The van der Waals surface area contributed by atoms with Crippen molar-refractivity contribution >= 4 is 32.8 Å². The number of carbonyl (C=O) groups excluding carboxylic acids is 1. The smallest absolute Gasteiger partial charge is 0.291 e. The van der Waals surface area contributed by atoms with Crippen LogP contribution in [0.5, 0.6) is 0 Å². The first kappa shape index (κ1) is 18.6. The van der Waals surface area contributed by atoms with Crippen molar-refractivity contribution in [2.75, 3.05) is 13.2 Å². The van der Waals surface area contributed by atoms with Gasteiger partial charge in [-0.2, -0.15) is 0 Å². The molecule has 0 saturated carbocycles. The number of aryl methyl sites for hydroxylation is 1. The van der Waals surface area contributed by atoms with E-state index in [4.69, 9.17) is 9.15 Å². The van der Waals surface area contributed by atoms with E-state index in [1.54, 1.807) is 11.0 Å². The van der Waals surface area contributed by atoms with E-state index < -0.39 is 6.04 Å². The molecule has 2 aromatic carbocycles. The number of fused-ring (bicyclic) bond motifs is 2. The fourth-order valence-corrected chi connectivity index (χ4v) is 4.59. The van der Waals surface area contributed by atoms with E-state index in [9.17, 15) is 9.59 Å². The van der Waals surface area contributed by atoms with Crippen molar-refractivity contribution < 1.29 is 13.9 Å². The second kappa shape index (κ2) is 7.11. The van der Waals surface area contributed by atoms with Gasteiger partial charge in [0.2, 0.25) is 5.76 Å². The maximum absolute atomic E-state index is 13.5. The Morgan fingerprint density at radius 3 is 2.66 bits per heavy atom. The summed E-state index contributed by atoms with van der Waals surface area (Å²) in [6, 6.07) is 12.7. The molecule has 5 nitrogen and oxygen atoms in total. The van der Waals surface area contributed by atoms with Gasteiger partial charge >= 0.3 is 0 Å². The standard InChI is InChI=1S/C23H20BrNO4/c1-13-4-9-18-17(11-13)21(26)19-20(14-5-7-15(24)8-6-14)25(23(27)22(19)29-18)12-16-3-2-10-28-16/h4-9,11,16,20H,2-3,10,12H2,1H3/t16-,20+/m0/s1. The molecule has 2 aliphatic rings. The van der Waals surface area contributed by atoms with Crippen molar-refractivity contribution in [3.05, 3.63) is 79.6 Å². The van der Waals surface area contributed by atoms with E-state index in [-0.39, 0.29) is 23.2 Å². The lowest BCUT2D eigenvalue weighted by Crippen LogP contribution is -2.36. The van der Waals surface area contributed by atoms with Gasteiger partial charge in [-0.1, -0.05) is 39.7 Å². The highest BCUT2D eigenvalue weighted by Gasteiger charge is 2.43. The van der Waals surface area contributed by atoms with Gasteiger partial charge in [0.05, 0.1) is 23.1 Å². The summed E-state index contributed by atoms with van der Waals surface area (Å²) in [5.41, 5.74) is 2.60. The fourth-order valence-electron chi connectivity index (χ4n) is 4.32. The van der Waals surface area contributed by atoms with Gasteiger partial charge in [0.1, 0.15) is 5.58 Å². The second-order valence-electron chi connectivity index (χ2n) is 7.72. The van der Waals surface area contributed by atoms with Crippen LogP contribution in [-0.2, 0) is 4.74 Å². The minimum absolute atomic E-state index is 0.0158. The monoisotopic (exact) mass is 453 g/mol. The van der Waals surface area contributed by atoms with Crippen molar-refractivity contribution in [1.29, 1.82) is 0 Å². The number of rotatable bonds is 3. The van der Waals surface area contributed by atoms with Gasteiger partial charge in [-0.15, -0.1) is 0 Å². The summed E-state index contributed by atoms with van der Waals surface area (Å²) < 4.78 is 12.7. The molecule has 29 heavy (non-hydrogen) atoms. The molecule has 1 amide bonds. The maximum Gasteiger partial charge on any atom is 0.291 e. The molecule has 2 atom stereocenters. The third-order valence-corrected chi connectivity index (χ3v) is 6.26. The fraction of sp³-hybridized carbons (Fsp3) is 0.304. The zero-order valence-corrected chi connectivity index (χ0v) is 17.6. The summed E-state index contributed by atoms with van der Waals surface area (Å²) in [5.74, 6) is -0.0970. The number of halogens is 1. The molecule has 0 N–H and O–H groups in total. The Hall–Kier alpha value is -2.44. The molecule has 0 radical (unpaired) electrons. The zero-order valence-electron chi connectivity index (χ0n) is 16.0. The number of amides is 1. The number of hydrogen-bond donors (Lipinski definition) is 0. The van der Waals surface area contributed by atoms with E-state index in [0.717, 1.165) is 28.4 Å². The van der Waals surface area contributed by atoms with E-state index in [2.05, 4.69) is 15.9 Å². The highest BCUT2D eigenvalue weighted by Crippen LogP contribution is 2.39. The summed E-state index contributed by atoms with van der Waals surface area (Å²) in [4.78, 5) is 28.5. The predicted octanol–water partition coefficient (Wildman–Crippen LogP) is 4.59. The minimum atomic E-state index is -0.476. The van der Waals surface area contributed by atoms with Crippen molar-refractivity contribution in [2.24, 2.45) is 0 Å². The molecule has 1 aromatic heterocycles. The molecule has 1 fully saturated rings. The average Bonchev–Trinajstić information content (AvgIpc) is 3.32. The van der Waals surface area contributed by atoms with Crippen molar-refractivity contribution in [2.45, 2.75) is 31.9 Å². The van der Waals surface area contributed by atoms with E-state index >= 15 is 0 Å². The van der Waals surface area contributed by atoms with Crippen LogP contribution in [-0.4, -0.2) is 30.1 Å². The lowest BCUT2D eigenvalue weighted by molar-refractivity contribution is 0.0486. The molecule has 0 aliphatic carbocycles. The third kappa shape index (κ3) is 3.11. The molecule has 6 heteroatoms.